The molecule has 0 fully saturated rings. The zero-order chi connectivity index (χ0) is 18.7. The van der Waals surface area contributed by atoms with Gasteiger partial charge in [0.15, 0.2) is 10.9 Å². The molecule has 0 radical (unpaired) electrons. The number of esters is 1. The van der Waals surface area contributed by atoms with Crippen LogP contribution in [-0.2, 0) is 9.53 Å². The van der Waals surface area contributed by atoms with Gasteiger partial charge in [-0.2, -0.15) is 0 Å². The lowest BCUT2D eigenvalue weighted by Gasteiger charge is -2.12. The lowest BCUT2D eigenvalue weighted by atomic mass is 10.3. The molecule has 0 aliphatic rings. The molecule has 0 atom stereocenters. The minimum atomic E-state index is -0.340. The van der Waals surface area contributed by atoms with Crippen LogP contribution in [0, 0.1) is 6.92 Å². The number of thioether (sulfide) groups is 1. The second-order valence-electron chi connectivity index (χ2n) is 5.22. The standard InChI is InChI=1S/C17H15Cl2N3O3S/c1-3-24-14(23)9-26-17-21-20-16(13-8-7-10(2)25-13)22(17)15-11(18)5-4-6-12(15)19/h4-8H,3,9H2,1-2H3. The number of benzene rings is 1. The molecule has 0 saturated heterocycles. The maximum absolute atomic E-state index is 11.7. The molecule has 2 heterocycles. The summed E-state index contributed by atoms with van der Waals surface area (Å²) in [6.07, 6.45) is 0. The average molecular weight is 412 g/mol. The van der Waals surface area contributed by atoms with Gasteiger partial charge in [0.05, 0.1) is 28.1 Å². The van der Waals surface area contributed by atoms with Gasteiger partial charge in [-0.15, -0.1) is 10.2 Å². The third-order valence-electron chi connectivity index (χ3n) is 3.38. The highest BCUT2D eigenvalue weighted by atomic mass is 35.5. The number of carbonyl (C=O) groups excluding carboxylic acids is 1. The second kappa shape index (κ2) is 8.16. The van der Waals surface area contributed by atoms with Crippen molar-refractivity contribution in [3.05, 3.63) is 46.1 Å². The predicted octanol–water partition coefficient (Wildman–Crippen LogP) is 4.80. The molecule has 1 aromatic carbocycles. The Morgan fingerprint density at radius 1 is 1.23 bits per heavy atom. The number of carbonyl (C=O) groups is 1. The quantitative estimate of drug-likeness (QED) is 0.428. The molecule has 0 saturated carbocycles. The van der Waals surface area contributed by atoms with Crippen molar-refractivity contribution in [2.45, 2.75) is 19.0 Å². The zero-order valence-corrected chi connectivity index (χ0v) is 16.4. The summed E-state index contributed by atoms with van der Waals surface area (Å²) in [5, 5.41) is 9.71. The van der Waals surface area contributed by atoms with Crippen molar-refractivity contribution < 1.29 is 13.9 Å². The van der Waals surface area contributed by atoms with Crippen molar-refractivity contribution in [1.29, 1.82) is 0 Å². The fraction of sp³-hybridized carbons (Fsp3) is 0.235. The summed E-state index contributed by atoms with van der Waals surface area (Å²) < 4.78 is 12.3. The molecule has 3 aromatic rings. The summed E-state index contributed by atoms with van der Waals surface area (Å²) >= 11 is 13.9. The lowest BCUT2D eigenvalue weighted by Crippen LogP contribution is -2.08. The van der Waals surface area contributed by atoms with Gasteiger partial charge in [-0.05, 0) is 38.1 Å². The highest BCUT2D eigenvalue weighted by Crippen LogP contribution is 2.36. The van der Waals surface area contributed by atoms with E-state index in [-0.39, 0.29) is 11.7 Å². The van der Waals surface area contributed by atoms with Crippen LogP contribution in [0.4, 0.5) is 0 Å². The second-order valence-corrected chi connectivity index (χ2v) is 6.97. The Kier molecular flexibility index (Phi) is 5.90. The highest BCUT2D eigenvalue weighted by Gasteiger charge is 2.22. The number of rotatable bonds is 6. The Labute approximate surface area is 164 Å². The van der Waals surface area contributed by atoms with Crippen LogP contribution in [-0.4, -0.2) is 33.1 Å². The van der Waals surface area contributed by atoms with Gasteiger partial charge in [-0.25, -0.2) is 0 Å². The number of aryl methyl sites for hydroxylation is 1. The first kappa shape index (κ1) is 18.8. The highest BCUT2D eigenvalue weighted by molar-refractivity contribution is 7.99. The number of aromatic nitrogens is 3. The molecule has 6 nitrogen and oxygen atoms in total. The zero-order valence-electron chi connectivity index (χ0n) is 14.0. The normalized spacial score (nSPS) is 10.9. The Balaban J connectivity index is 2.08. The Hall–Kier alpha value is -1.96. The summed E-state index contributed by atoms with van der Waals surface area (Å²) in [6, 6.07) is 8.81. The van der Waals surface area contributed by atoms with Crippen molar-refractivity contribution in [3.8, 4) is 17.3 Å². The van der Waals surface area contributed by atoms with Crippen LogP contribution in [0.5, 0.6) is 0 Å². The Morgan fingerprint density at radius 2 is 1.96 bits per heavy atom. The van der Waals surface area contributed by atoms with Crippen molar-refractivity contribution >= 4 is 40.9 Å². The SMILES string of the molecule is CCOC(=O)CSc1nnc(-c2ccc(C)o2)n1-c1c(Cl)cccc1Cl. The van der Waals surface area contributed by atoms with Gasteiger partial charge in [0.2, 0.25) is 5.82 Å². The fourth-order valence-corrected chi connectivity index (χ4v) is 3.61. The maximum atomic E-state index is 11.7. The van der Waals surface area contributed by atoms with Crippen LogP contribution in [0.2, 0.25) is 10.0 Å². The van der Waals surface area contributed by atoms with E-state index in [1.54, 1.807) is 35.8 Å². The van der Waals surface area contributed by atoms with E-state index < -0.39 is 0 Å². The van der Waals surface area contributed by atoms with Crippen molar-refractivity contribution in [1.82, 2.24) is 14.8 Å². The number of nitrogens with zero attached hydrogens (tertiary/aromatic N) is 3. The van der Waals surface area contributed by atoms with Crippen LogP contribution in [0.3, 0.4) is 0 Å². The maximum Gasteiger partial charge on any atom is 0.316 e. The molecule has 0 bridgehead atoms. The van der Waals surface area contributed by atoms with Gasteiger partial charge in [-0.3, -0.25) is 9.36 Å². The van der Waals surface area contributed by atoms with Gasteiger partial charge in [0.25, 0.3) is 0 Å². The third-order valence-corrected chi connectivity index (χ3v) is 4.89. The first-order valence-corrected chi connectivity index (χ1v) is 9.50. The monoisotopic (exact) mass is 411 g/mol. The van der Waals surface area contributed by atoms with Crippen molar-refractivity contribution in [2.75, 3.05) is 12.4 Å². The smallest absolute Gasteiger partial charge is 0.316 e. The number of para-hydroxylation sites is 1. The molecular weight excluding hydrogens is 397 g/mol. The van der Waals surface area contributed by atoms with Gasteiger partial charge < -0.3 is 9.15 Å². The first-order chi connectivity index (χ1) is 12.5. The molecule has 0 N–H and O–H groups in total. The van der Waals surface area contributed by atoms with Crippen LogP contribution in [0.15, 0.2) is 39.9 Å². The Morgan fingerprint density at radius 3 is 2.58 bits per heavy atom. The summed E-state index contributed by atoms with van der Waals surface area (Å²) in [5.41, 5.74) is 0.524. The molecule has 0 unspecified atom stereocenters. The van der Waals surface area contributed by atoms with Crippen molar-refractivity contribution in [2.24, 2.45) is 0 Å². The topological polar surface area (TPSA) is 70.2 Å². The van der Waals surface area contributed by atoms with E-state index in [1.807, 2.05) is 13.0 Å². The average Bonchev–Trinajstić information content (AvgIpc) is 3.19. The van der Waals surface area contributed by atoms with E-state index >= 15 is 0 Å². The number of halogens is 2. The minimum absolute atomic E-state index is 0.0885. The minimum Gasteiger partial charge on any atom is -0.465 e. The summed E-state index contributed by atoms with van der Waals surface area (Å²) in [7, 11) is 0. The van der Waals surface area contributed by atoms with Gasteiger partial charge in [0.1, 0.15) is 5.76 Å². The third kappa shape index (κ3) is 3.90. The van der Waals surface area contributed by atoms with Crippen LogP contribution < -0.4 is 0 Å². The van der Waals surface area contributed by atoms with Crippen LogP contribution >= 0.6 is 35.0 Å². The number of ether oxygens (including phenoxy) is 1. The summed E-state index contributed by atoms with van der Waals surface area (Å²) in [4.78, 5) is 11.7. The summed E-state index contributed by atoms with van der Waals surface area (Å²) in [6.45, 7) is 3.91. The predicted molar refractivity (Wildman–Crippen MR) is 101 cm³/mol. The largest absolute Gasteiger partial charge is 0.465 e. The van der Waals surface area contributed by atoms with E-state index in [0.717, 1.165) is 5.76 Å². The molecule has 9 heteroatoms. The van der Waals surface area contributed by atoms with Gasteiger partial charge in [0, 0.05) is 0 Å². The molecule has 0 aliphatic carbocycles. The van der Waals surface area contributed by atoms with E-state index in [9.17, 15) is 4.79 Å². The Bertz CT molecular complexity index is 919. The van der Waals surface area contributed by atoms with E-state index in [1.165, 1.54) is 11.8 Å². The van der Waals surface area contributed by atoms with E-state index in [2.05, 4.69) is 10.2 Å². The molecule has 0 aliphatic heterocycles. The molecule has 136 valence electrons. The number of furan rings is 1. The van der Waals surface area contributed by atoms with Crippen molar-refractivity contribution in [3.63, 3.8) is 0 Å². The molecule has 0 spiro atoms. The van der Waals surface area contributed by atoms with Crippen LogP contribution in [0.1, 0.15) is 12.7 Å². The molecular formula is C17H15Cl2N3O3S. The van der Waals surface area contributed by atoms with Gasteiger partial charge in [-0.1, -0.05) is 41.0 Å². The van der Waals surface area contributed by atoms with E-state index in [0.29, 0.717) is 39.1 Å². The fourth-order valence-electron chi connectivity index (χ4n) is 2.31. The van der Waals surface area contributed by atoms with Gasteiger partial charge >= 0.3 is 5.97 Å². The molecule has 2 aromatic heterocycles. The first-order valence-electron chi connectivity index (χ1n) is 7.76. The van der Waals surface area contributed by atoms with Crippen LogP contribution in [0.25, 0.3) is 17.3 Å². The lowest BCUT2D eigenvalue weighted by molar-refractivity contribution is -0.139. The number of hydrogen-bond acceptors (Lipinski definition) is 6. The molecule has 26 heavy (non-hydrogen) atoms. The number of hydrogen-bond donors (Lipinski definition) is 0. The molecule has 0 amide bonds. The van der Waals surface area contributed by atoms with E-state index in [4.69, 9.17) is 32.4 Å². The summed E-state index contributed by atoms with van der Waals surface area (Å²) in [5.74, 6) is 1.45. The molecule has 3 rings (SSSR count).